The number of benzene rings is 1. The quantitative estimate of drug-likeness (QED) is 0.839. The lowest BCUT2D eigenvalue weighted by Gasteiger charge is -2.32. The molecule has 2 amide bonds. The molecule has 2 aliphatic carbocycles. The number of nitrogens with one attached hydrogen (secondary N) is 2. The fraction of sp³-hybridized carbons (Fsp3) is 0.455. The van der Waals surface area contributed by atoms with Crippen molar-refractivity contribution in [1.82, 2.24) is 15.6 Å². The van der Waals surface area contributed by atoms with Gasteiger partial charge in [0.25, 0.3) is 5.91 Å². The van der Waals surface area contributed by atoms with Crippen molar-refractivity contribution in [3.05, 3.63) is 42.1 Å². The molecule has 0 saturated heterocycles. The van der Waals surface area contributed by atoms with Crippen LogP contribution in [0.4, 0.5) is 0 Å². The minimum atomic E-state index is -0.404. The highest BCUT2D eigenvalue weighted by Gasteiger charge is 2.37. The van der Waals surface area contributed by atoms with Crippen molar-refractivity contribution in [2.24, 2.45) is 11.8 Å². The molecule has 4 rings (SSSR count). The van der Waals surface area contributed by atoms with E-state index in [0.717, 1.165) is 49.4 Å². The second-order valence-electron chi connectivity index (χ2n) is 7.83. The van der Waals surface area contributed by atoms with Gasteiger partial charge in [0.05, 0.1) is 17.5 Å². The number of pyridine rings is 1. The first kappa shape index (κ1) is 18.4. The SMILES string of the molecule is N#CC(NC(=O)C1CCCCC1NC(=O)c1ccc2ncccc2c1)C1CC1. The van der Waals surface area contributed by atoms with Crippen LogP contribution >= 0.6 is 0 Å². The highest BCUT2D eigenvalue weighted by molar-refractivity contribution is 5.98. The van der Waals surface area contributed by atoms with Crippen LogP contribution in [-0.2, 0) is 4.79 Å². The molecule has 1 aromatic heterocycles. The predicted octanol–water partition coefficient (Wildman–Crippen LogP) is 2.94. The fourth-order valence-corrected chi connectivity index (χ4v) is 4.03. The third-order valence-corrected chi connectivity index (χ3v) is 5.81. The Hall–Kier alpha value is -2.94. The van der Waals surface area contributed by atoms with Crippen LogP contribution in [0.3, 0.4) is 0 Å². The van der Waals surface area contributed by atoms with E-state index in [1.165, 1.54) is 0 Å². The van der Waals surface area contributed by atoms with Gasteiger partial charge in [0, 0.05) is 23.2 Å². The van der Waals surface area contributed by atoms with E-state index in [9.17, 15) is 14.9 Å². The number of aromatic nitrogens is 1. The number of carbonyl (C=O) groups excluding carboxylic acids is 2. The molecule has 2 aliphatic rings. The first-order valence-corrected chi connectivity index (χ1v) is 10.0. The molecule has 2 N–H and O–H groups in total. The zero-order valence-electron chi connectivity index (χ0n) is 15.7. The van der Waals surface area contributed by atoms with Crippen molar-refractivity contribution >= 4 is 22.7 Å². The number of carbonyl (C=O) groups is 2. The van der Waals surface area contributed by atoms with Crippen molar-refractivity contribution < 1.29 is 9.59 Å². The number of fused-ring (bicyclic) bond motifs is 1. The Bertz CT molecular complexity index is 932. The Balaban J connectivity index is 1.45. The summed E-state index contributed by atoms with van der Waals surface area (Å²) in [5, 5.41) is 16.2. The van der Waals surface area contributed by atoms with E-state index >= 15 is 0 Å². The molecule has 2 saturated carbocycles. The van der Waals surface area contributed by atoms with Gasteiger partial charge < -0.3 is 10.6 Å². The maximum absolute atomic E-state index is 12.8. The van der Waals surface area contributed by atoms with E-state index in [1.807, 2.05) is 24.3 Å². The summed E-state index contributed by atoms with van der Waals surface area (Å²) in [5.41, 5.74) is 1.41. The van der Waals surface area contributed by atoms with Crippen LogP contribution in [0, 0.1) is 23.2 Å². The fourth-order valence-electron chi connectivity index (χ4n) is 4.03. The molecule has 2 fully saturated rings. The topological polar surface area (TPSA) is 94.9 Å². The van der Waals surface area contributed by atoms with Crippen LogP contribution in [-0.4, -0.2) is 28.9 Å². The normalized spacial score (nSPS) is 22.8. The van der Waals surface area contributed by atoms with E-state index in [0.29, 0.717) is 5.56 Å². The molecule has 28 heavy (non-hydrogen) atoms. The molecule has 0 bridgehead atoms. The minimum absolute atomic E-state index is 0.105. The highest BCUT2D eigenvalue weighted by atomic mass is 16.2. The molecule has 0 spiro atoms. The standard InChI is InChI=1S/C22H24N4O2/c23-13-20(14-7-8-14)26-22(28)17-5-1-2-6-19(17)25-21(27)16-9-10-18-15(12-16)4-3-11-24-18/h3-4,9-12,14,17,19-20H,1-2,5-8H2,(H,25,27)(H,26,28). The van der Waals surface area contributed by atoms with E-state index in [-0.39, 0.29) is 29.7 Å². The lowest BCUT2D eigenvalue weighted by Crippen LogP contribution is -2.50. The van der Waals surface area contributed by atoms with E-state index < -0.39 is 6.04 Å². The van der Waals surface area contributed by atoms with Gasteiger partial charge in [-0.2, -0.15) is 5.26 Å². The van der Waals surface area contributed by atoms with Crippen molar-refractivity contribution in [1.29, 1.82) is 5.26 Å². The van der Waals surface area contributed by atoms with Gasteiger partial charge >= 0.3 is 0 Å². The zero-order chi connectivity index (χ0) is 19.5. The van der Waals surface area contributed by atoms with Gasteiger partial charge in [-0.1, -0.05) is 18.9 Å². The van der Waals surface area contributed by atoms with Gasteiger partial charge in [0.2, 0.25) is 5.91 Å². The van der Waals surface area contributed by atoms with Gasteiger partial charge in [-0.15, -0.1) is 0 Å². The summed E-state index contributed by atoms with van der Waals surface area (Å²) in [6.45, 7) is 0. The molecule has 3 atom stereocenters. The van der Waals surface area contributed by atoms with Crippen LogP contribution in [0.15, 0.2) is 36.5 Å². The first-order valence-electron chi connectivity index (χ1n) is 10.0. The molecule has 0 radical (unpaired) electrons. The molecule has 1 aromatic carbocycles. The van der Waals surface area contributed by atoms with Crippen molar-refractivity contribution in [3.63, 3.8) is 0 Å². The summed E-state index contributed by atoms with van der Waals surface area (Å²) in [6.07, 6.45) is 7.19. The van der Waals surface area contributed by atoms with Crippen LogP contribution < -0.4 is 10.6 Å². The molecule has 2 aromatic rings. The van der Waals surface area contributed by atoms with Gasteiger partial charge in [0.1, 0.15) is 6.04 Å². The first-order chi connectivity index (χ1) is 13.7. The molecule has 6 heteroatoms. The molecule has 6 nitrogen and oxygen atoms in total. The summed E-state index contributed by atoms with van der Waals surface area (Å²) >= 11 is 0. The maximum atomic E-state index is 12.8. The maximum Gasteiger partial charge on any atom is 0.251 e. The molecule has 0 aliphatic heterocycles. The Labute approximate surface area is 164 Å². The average Bonchev–Trinajstić information content (AvgIpc) is 3.57. The molecule has 144 valence electrons. The lowest BCUT2D eigenvalue weighted by molar-refractivity contribution is -0.127. The minimum Gasteiger partial charge on any atom is -0.349 e. The van der Waals surface area contributed by atoms with Crippen molar-refractivity contribution in [2.75, 3.05) is 0 Å². The summed E-state index contributed by atoms with van der Waals surface area (Å²) < 4.78 is 0. The summed E-state index contributed by atoms with van der Waals surface area (Å²) in [4.78, 5) is 29.9. The third-order valence-electron chi connectivity index (χ3n) is 5.81. The van der Waals surface area contributed by atoms with Gasteiger partial charge in [-0.25, -0.2) is 0 Å². The van der Waals surface area contributed by atoms with Crippen LogP contribution in [0.5, 0.6) is 0 Å². The van der Waals surface area contributed by atoms with E-state index in [4.69, 9.17) is 0 Å². The van der Waals surface area contributed by atoms with Crippen LogP contribution in [0.25, 0.3) is 10.9 Å². The zero-order valence-corrected chi connectivity index (χ0v) is 15.7. The monoisotopic (exact) mass is 376 g/mol. The highest BCUT2D eigenvalue weighted by Crippen LogP contribution is 2.33. The molecule has 3 unspecified atom stereocenters. The third kappa shape index (κ3) is 3.99. The average molecular weight is 376 g/mol. The Morgan fingerprint density at radius 3 is 2.75 bits per heavy atom. The van der Waals surface area contributed by atoms with Gasteiger partial charge in [-0.05, 0) is 55.9 Å². The molecular weight excluding hydrogens is 352 g/mol. The van der Waals surface area contributed by atoms with E-state index in [1.54, 1.807) is 12.3 Å². The van der Waals surface area contributed by atoms with Crippen molar-refractivity contribution in [2.45, 2.75) is 50.6 Å². The number of hydrogen-bond donors (Lipinski definition) is 2. The Morgan fingerprint density at radius 2 is 1.96 bits per heavy atom. The van der Waals surface area contributed by atoms with Crippen molar-refractivity contribution in [3.8, 4) is 6.07 Å². The lowest BCUT2D eigenvalue weighted by atomic mass is 9.83. The second kappa shape index (κ2) is 7.97. The van der Waals surface area contributed by atoms with Crippen LogP contribution in [0.2, 0.25) is 0 Å². The number of nitrogens with zero attached hydrogens (tertiary/aromatic N) is 2. The Kier molecular flexibility index (Phi) is 5.25. The second-order valence-corrected chi connectivity index (χ2v) is 7.83. The number of amides is 2. The largest absolute Gasteiger partial charge is 0.349 e. The molecular formula is C22H24N4O2. The number of hydrogen-bond acceptors (Lipinski definition) is 4. The molecule has 1 heterocycles. The number of rotatable bonds is 5. The predicted molar refractivity (Wildman–Crippen MR) is 105 cm³/mol. The number of nitriles is 1. The van der Waals surface area contributed by atoms with Gasteiger partial charge in [0.15, 0.2) is 0 Å². The summed E-state index contributed by atoms with van der Waals surface area (Å²) in [6, 6.07) is 10.8. The smallest absolute Gasteiger partial charge is 0.251 e. The van der Waals surface area contributed by atoms with Crippen LogP contribution in [0.1, 0.15) is 48.9 Å². The summed E-state index contributed by atoms with van der Waals surface area (Å²) in [7, 11) is 0. The summed E-state index contributed by atoms with van der Waals surface area (Å²) in [5.74, 6) is -0.271. The Morgan fingerprint density at radius 1 is 1.14 bits per heavy atom. The van der Waals surface area contributed by atoms with E-state index in [2.05, 4.69) is 21.7 Å². The van der Waals surface area contributed by atoms with Gasteiger partial charge in [-0.3, -0.25) is 14.6 Å².